The zero-order chi connectivity index (χ0) is 21.0. The molecule has 4 nitrogen and oxygen atoms in total. The molecule has 0 aromatic heterocycles. The number of halogens is 3. The molecule has 0 aliphatic carbocycles. The van der Waals surface area contributed by atoms with Gasteiger partial charge in [-0.1, -0.05) is 30.3 Å². The van der Waals surface area contributed by atoms with Crippen LogP contribution in [-0.4, -0.2) is 35.7 Å². The van der Waals surface area contributed by atoms with E-state index < -0.39 is 29.7 Å². The number of hydrogen-bond donors (Lipinski definition) is 1. The first-order valence-electron chi connectivity index (χ1n) is 9.67. The summed E-state index contributed by atoms with van der Waals surface area (Å²) in [5.41, 5.74) is 0.595. The Bertz CT molecular complexity index is 845. The van der Waals surface area contributed by atoms with E-state index in [-0.39, 0.29) is 0 Å². The average molecular weight is 407 g/mol. The van der Waals surface area contributed by atoms with Crippen molar-refractivity contribution >= 4 is 5.97 Å². The van der Waals surface area contributed by atoms with Crippen molar-refractivity contribution in [2.75, 3.05) is 19.7 Å². The van der Waals surface area contributed by atoms with E-state index in [2.05, 4.69) is 0 Å². The Morgan fingerprint density at radius 2 is 1.86 bits per heavy atom. The van der Waals surface area contributed by atoms with Crippen molar-refractivity contribution in [2.45, 2.75) is 32.0 Å². The summed E-state index contributed by atoms with van der Waals surface area (Å²) in [5, 5.41) is 9.27. The lowest BCUT2D eigenvalue weighted by Gasteiger charge is -2.37. The number of ether oxygens (including phenoxy) is 1. The molecule has 3 rings (SSSR count). The predicted octanol–water partition coefficient (Wildman–Crippen LogP) is 4.99. The fraction of sp³-hybridized carbons (Fsp3) is 0.409. The Morgan fingerprint density at radius 3 is 2.48 bits per heavy atom. The van der Waals surface area contributed by atoms with E-state index in [1.807, 2.05) is 36.1 Å². The summed E-state index contributed by atoms with van der Waals surface area (Å²) < 4.78 is 45.7. The quantitative estimate of drug-likeness (QED) is 0.733. The Morgan fingerprint density at radius 1 is 1.17 bits per heavy atom. The normalized spacial score (nSPS) is 17.1. The van der Waals surface area contributed by atoms with Gasteiger partial charge in [-0.15, -0.1) is 0 Å². The van der Waals surface area contributed by atoms with Gasteiger partial charge >= 0.3 is 12.1 Å². The van der Waals surface area contributed by atoms with E-state index in [0.29, 0.717) is 43.9 Å². The van der Waals surface area contributed by atoms with Gasteiger partial charge < -0.3 is 9.84 Å². The van der Waals surface area contributed by atoms with Gasteiger partial charge in [-0.05, 0) is 56.6 Å². The molecule has 7 heteroatoms. The van der Waals surface area contributed by atoms with Crippen molar-refractivity contribution in [3.8, 4) is 5.75 Å². The minimum Gasteiger partial charge on any atom is -0.494 e. The van der Waals surface area contributed by atoms with Crippen LogP contribution in [0.1, 0.15) is 42.5 Å². The van der Waals surface area contributed by atoms with Crippen molar-refractivity contribution in [3.05, 3.63) is 65.2 Å². The molecule has 0 spiro atoms. The third kappa shape index (κ3) is 4.90. The third-order valence-electron chi connectivity index (χ3n) is 5.29. The first kappa shape index (κ1) is 21.2. The Labute approximate surface area is 167 Å². The molecule has 0 saturated carbocycles. The molecule has 29 heavy (non-hydrogen) atoms. The van der Waals surface area contributed by atoms with Gasteiger partial charge in [0.15, 0.2) is 0 Å². The van der Waals surface area contributed by atoms with E-state index in [4.69, 9.17) is 4.74 Å². The predicted molar refractivity (Wildman–Crippen MR) is 103 cm³/mol. The number of carboxylic acids is 1. The van der Waals surface area contributed by atoms with Crippen molar-refractivity contribution in [3.63, 3.8) is 0 Å². The highest BCUT2D eigenvalue weighted by Gasteiger charge is 2.34. The molecule has 1 heterocycles. The molecule has 156 valence electrons. The van der Waals surface area contributed by atoms with Crippen LogP contribution < -0.4 is 4.74 Å². The van der Waals surface area contributed by atoms with E-state index in [9.17, 15) is 23.1 Å². The summed E-state index contributed by atoms with van der Waals surface area (Å²) in [6.07, 6.45) is -3.51. The lowest BCUT2D eigenvalue weighted by Crippen LogP contribution is -2.39. The van der Waals surface area contributed by atoms with Crippen LogP contribution in [0.2, 0.25) is 0 Å². The lowest BCUT2D eigenvalue weighted by atomic mass is 9.90. The molecule has 0 bridgehead atoms. The van der Waals surface area contributed by atoms with E-state index in [0.717, 1.165) is 11.6 Å². The van der Waals surface area contributed by atoms with E-state index >= 15 is 0 Å². The first-order valence-corrected chi connectivity index (χ1v) is 9.67. The van der Waals surface area contributed by atoms with Crippen molar-refractivity contribution in [1.29, 1.82) is 0 Å². The highest BCUT2D eigenvalue weighted by atomic mass is 19.4. The van der Waals surface area contributed by atoms with Crippen LogP contribution in [0, 0.1) is 5.92 Å². The molecule has 1 atom stereocenters. The van der Waals surface area contributed by atoms with Gasteiger partial charge in [0.2, 0.25) is 0 Å². The van der Waals surface area contributed by atoms with Crippen LogP contribution in [0.25, 0.3) is 0 Å². The average Bonchev–Trinajstić information content (AvgIpc) is 2.70. The molecule has 0 radical (unpaired) electrons. The summed E-state index contributed by atoms with van der Waals surface area (Å²) in [7, 11) is 0. The first-order chi connectivity index (χ1) is 13.8. The van der Waals surface area contributed by atoms with Gasteiger partial charge in [0.1, 0.15) is 5.75 Å². The highest BCUT2D eigenvalue weighted by molar-refractivity contribution is 5.70. The largest absolute Gasteiger partial charge is 0.494 e. The SMILES string of the molecule is CCOc1ccccc1C(c1cccc(C(F)(F)F)c1)N1CCC(C(=O)O)CC1. The number of para-hydroxylation sites is 1. The van der Waals surface area contributed by atoms with Gasteiger partial charge in [-0.2, -0.15) is 13.2 Å². The van der Waals surface area contributed by atoms with Crippen LogP contribution in [0.4, 0.5) is 13.2 Å². The van der Waals surface area contributed by atoms with Crippen LogP contribution in [-0.2, 0) is 11.0 Å². The number of benzene rings is 2. The molecule has 2 aromatic carbocycles. The molecule has 1 N–H and O–H groups in total. The van der Waals surface area contributed by atoms with Crippen LogP contribution in [0.15, 0.2) is 48.5 Å². The number of carbonyl (C=O) groups is 1. The second-order valence-electron chi connectivity index (χ2n) is 7.15. The summed E-state index contributed by atoms with van der Waals surface area (Å²) in [4.78, 5) is 13.4. The molecule has 1 fully saturated rings. The number of carboxylic acid groups (broad SMARTS) is 1. The second-order valence-corrected chi connectivity index (χ2v) is 7.15. The smallest absolute Gasteiger partial charge is 0.416 e. The molecule has 0 amide bonds. The maximum absolute atomic E-state index is 13.3. The van der Waals surface area contributed by atoms with Crippen molar-refractivity contribution < 1.29 is 27.8 Å². The second kappa shape index (κ2) is 8.86. The van der Waals surface area contributed by atoms with Crippen LogP contribution >= 0.6 is 0 Å². The zero-order valence-corrected chi connectivity index (χ0v) is 16.2. The summed E-state index contributed by atoms with van der Waals surface area (Å²) in [5.74, 6) is -0.622. The standard InChI is InChI=1S/C22H24F3NO3/c1-2-29-19-9-4-3-8-18(19)20(26-12-10-15(11-13-26)21(27)28)16-6-5-7-17(14-16)22(23,24)25/h3-9,14-15,20H,2,10-13H2,1H3,(H,27,28). The van der Waals surface area contributed by atoms with Crippen molar-refractivity contribution in [2.24, 2.45) is 5.92 Å². The Balaban J connectivity index is 2.03. The molecule has 1 saturated heterocycles. The molecule has 1 unspecified atom stereocenters. The van der Waals surface area contributed by atoms with Gasteiger partial charge in [-0.3, -0.25) is 9.69 Å². The molecule has 2 aromatic rings. The highest BCUT2D eigenvalue weighted by Crippen LogP contribution is 2.39. The van der Waals surface area contributed by atoms with Crippen LogP contribution in [0.3, 0.4) is 0 Å². The Hall–Kier alpha value is -2.54. The van der Waals surface area contributed by atoms with E-state index in [1.54, 1.807) is 6.07 Å². The maximum Gasteiger partial charge on any atom is 0.416 e. The topological polar surface area (TPSA) is 49.8 Å². The van der Waals surface area contributed by atoms with Gasteiger partial charge in [-0.25, -0.2) is 0 Å². The van der Waals surface area contributed by atoms with Gasteiger partial charge in [0.05, 0.1) is 24.1 Å². The van der Waals surface area contributed by atoms with Gasteiger partial charge in [0, 0.05) is 5.56 Å². The maximum atomic E-state index is 13.3. The monoisotopic (exact) mass is 407 g/mol. The molecular formula is C22H24F3NO3. The number of rotatable bonds is 6. The molecule has 1 aliphatic rings. The molecule has 1 aliphatic heterocycles. The number of aliphatic carboxylic acids is 1. The number of piperidine rings is 1. The minimum atomic E-state index is -4.43. The summed E-state index contributed by atoms with van der Waals surface area (Å²) in [6.45, 7) is 3.26. The molecular weight excluding hydrogens is 383 g/mol. The number of hydrogen-bond acceptors (Lipinski definition) is 3. The minimum absolute atomic E-state index is 0.421. The Kier molecular flexibility index (Phi) is 6.47. The number of alkyl halides is 3. The fourth-order valence-corrected chi connectivity index (χ4v) is 3.87. The summed E-state index contributed by atoms with van der Waals surface area (Å²) in [6, 6.07) is 12.2. The fourth-order valence-electron chi connectivity index (χ4n) is 3.87. The van der Waals surface area contributed by atoms with Crippen molar-refractivity contribution in [1.82, 2.24) is 4.90 Å². The zero-order valence-electron chi connectivity index (χ0n) is 16.2. The van der Waals surface area contributed by atoms with E-state index in [1.165, 1.54) is 12.1 Å². The number of likely N-dealkylation sites (tertiary alicyclic amines) is 1. The lowest BCUT2D eigenvalue weighted by molar-refractivity contribution is -0.143. The van der Waals surface area contributed by atoms with Gasteiger partial charge in [0.25, 0.3) is 0 Å². The summed E-state index contributed by atoms with van der Waals surface area (Å²) >= 11 is 0. The van der Waals surface area contributed by atoms with Crippen LogP contribution in [0.5, 0.6) is 5.75 Å². The number of nitrogens with zero attached hydrogens (tertiary/aromatic N) is 1. The third-order valence-corrected chi connectivity index (χ3v) is 5.29.